The second-order valence-electron chi connectivity index (χ2n) is 6.73. The van der Waals surface area contributed by atoms with Crippen molar-refractivity contribution in [1.29, 1.82) is 0 Å². The van der Waals surface area contributed by atoms with Crippen LogP contribution in [-0.2, 0) is 27.9 Å². The van der Waals surface area contributed by atoms with E-state index < -0.39 is 39.0 Å². The van der Waals surface area contributed by atoms with Crippen molar-refractivity contribution < 1.29 is 42.7 Å². The van der Waals surface area contributed by atoms with Gasteiger partial charge in [-0.15, -0.1) is 0 Å². The minimum atomic E-state index is -3.98. The second kappa shape index (κ2) is 13.4. The van der Waals surface area contributed by atoms with Crippen molar-refractivity contribution in [3.8, 4) is 0 Å². The Bertz CT molecular complexity index is 997. The molecule has 0 aliphatic rings. The number of carbonyl (C=O) groups is 3. The van der Waals surface area contributed by atoms with E-state index in [-0.39, 0.29) is 30.1 Å². The van der Waals surface area contributed by atoms with Crippen molar-refractivity contribution in [2.45, 2.75) is 12.8 Å². The normalized spacial score (nSPS) is 11.1. The van der Waals surface area contributed by atoms with Crippen LogP contribution in [0, 0.1) is 0 Å². The third-order valence-corrected chi connectivity index (χ3v) is 6.51. The summed E-state index contributed by atoms with van der Waals surface area (Å²) in [4.78, 5) is 35.7. The maximum Gasteiger partial charge on any atom is 0.340 e. The first kappa shape index (κ1) is 27.8. The molecule has 0 radical (unpaired) electrons. The maximum atomic E-state index is 13.1. The summed E-state index contributed by atoms with van der Waals surface area (Å²) in [7, 11) is -2.83. The Labute approximate surface area is 205 Å². The number of halogens is 2. The SMILES string of the molecule is CN(O)C(=O)CCCP(=O)(OCOC(=O)c1cccc(Cl)c1)OCOC(=O)c1cccc(Cl)c1. The molecule has 0 bridgehead atoms. The number of carbonyl (C=O) groups excluding carboxylic acids is 3. The van der Waals surface area contributed by atoms with Gasteiger partial charge in [-0.05, 0) is 42.8 Å². The van der Waals surface area contributed by atoms with Gasteiger partial charge < -0.3 is 9.47 Å². The summed E-state index contributed by atoms with van der Waals surface area (Å²) < 4.78 is 33.3. The molecule has 2 rings (SSSR count). The van der Waals surface area contributed by atoms with Crippen molar-refractivity contribution in [3.05, 3.63) is 69.7 Å². The Balaban J connectivity index is 1.94. The Morgan fingerprint density at radius 3 is 1.79 bits per heavy atom. The molecule has 2 aromatic rings. The lowest BCUT2D eigenvalue weighted by Crippen LogP contribution is -2.22. The predicted octanol–water partition coefficient (Wildman–Crippen LogP) is 4.78. The van der Waals surface area contributed by atoms with Gasteiger partial charge in [-0.2, -0.15) is 0 Å². The fourth-order valence-electron chi connectivity index (χ4n) is 2.47. The molecule has 0 fully saturated rings. The van der Waals surface area contributed by atoms with E-state index >= 15 is 0 Å². The molecule has 0 unspecified atom stereocenters. The van der Waals surface area contributed by atoms with Crippen molar-refractivity contribution >= 4 is 48.6 Å². The summed E-state index contributed by atoms with van der Waals surface area (Å²) in [5, 5.41) is 10.2. The van der Waals surface area contributed by atoms with Gasteiger partial charge in [-0.25, -0.2) is 14.7 Å². The van der Waals surface area contributed by atoms with Crippen LogP contribution in [0.15, 0.2) is 48.5 Å². The number of nitrogens with zero attached hydrogens (tertiary/aromatic N) is 1. The van der Waals surface area contributed by atoms with Crippen LogP contribution in [0.4, 0.5) is 0 Å². The molecule has 0 aliphatic heterocycles. The van der Waals surface area contributed by atoms with E-state index in [0.717, 1.165) is 7.05 Å². The molecular formula is C21H22Cl2NO9P. The van der Waals surface area contributed by atoms with Crippen LogP contribution >= 0.6 is 30.8 Å². The van der Waals surface area contributed by atoms with Gasteiger partial charge in [0.25, 0.3) is 0 Å². The van der Waals surface area contributed by atoms with Gasteiger partial charge in [0, 0.05) is 23.5 Å². The van der Waals surface area contributed by atoms with E-state index in [2.05, 4.69) is 0 Å². The average Bonchev–Trinajstić information content (AvgIpc) is 2.78. The molecule has 10 nitrogen and oxygen atoms in total. The van der Waals surface area contributed by atoms with Crippen LogP contribution in [0.25, 0.3) is 0 Å². The van der Waals surface area contributed by atoms with Crippen LogP contribution in [0.3, 0.4) is 0 Å². The number of hydrogen-bond acceptors (Lipinski definition) is 9. The minimum absolute atomic E-state index is 0.00545. The van der Waals surface area contributed by atoms with E-state index in [4.69, 9.17) is 46.9 Å². The number of rotatable bonds is 12. The minimum Gasteiger partial charge on any atom is -0.434 e. The van der Waals surface area contributed by atoms with E-state index in [1.807, 2.05) is 0 Å². The summed E-state index contributed by atoms with van der Waals surface area (Å²) in [6.45, 7) is -1.47. The number of amides is 1. The second-order valence-corrected chi connectivity index (χ2v) is 9.79. The fourth-order valence-corrected chi connectivity index (χ4v) is 4.16. The van der Waals surface area contributed by atoms with E-state index in [1.165, 1.54) is 24.3 Å². The summed E-state index contributed by atoms with van der Waals surface area (Å²) in [5.41, 5.74) is 0.303. The fraction of sp³-hybridized carbons (Fsp3) is 0.286. The summed E-state index contributed by atoms with van der Waals surface area (Å²) in [5.74, 6) is -2.18. The molecule has 1 amide bonds. The van der Waals surface area contributed by atoms with Crippen molar-refractivity contribution in [2.75, 3.05) is 26.8 Å². The Morgan fingerprint density at radius 1 is 0.912 bits per heavy atom. The summed E-state index contributed by atoms with van der Waals surface area (Å²) in [6.07, 6.45) is -0.435. The molecule has 0 aromatic heterocycles. The molecular weight excluding hydrogens is 512 g/mol. The smallest absolute Gasteiger partial charge is 0.340 e. The zero-order valence-electron chi connectivity index (χ0n) is 18.0. The highest BCUT2D eigenvalue weighted by Gasteiger charge is 2.27. The zero-order chi connectivity index (χ0) is 25.1. The Kier molecular flexibility index (Phi) is 11.0. The van der Waals surface area contributed by atoms with Gasteiger partial charge in [0.2, 0.25) is 19.5 Å². The molecule has 0 saturated heterocycles. The van der Waals surface area contributed by atoms with Gasteiger partial charge in [0.1, 0.15) is 0 Å². The first-order valence-corrected chi connectivity index (χ1v) is 12.3. The molecule has 0 spiro atoms. The standard InChI is InChI=1S/C21H22Cl2NO9P/c1-24(28)19(25)9-4-10-34(29,32-13-30-20(26)15-5-2-7-17(22)11-15)33-14-31-21(27)16-6-3-8-18(23)12-16/h2-3,5-8,11-12,28H,4,9-10,13-14H2,1H3. The zero-order valence-corrected chi connectivity index (χ0v) is 20.4. The first-order valence-electron chi connectivity index (χ1n) is 9.78. The van der Waals surface area contributed by atoms with E-state index in [1.54, 1.807) is 24.3 Å². The Morgan fingerprint density at radius 2 is 1.38 bits per heavy atom. The first-order chi connectivity index (χ1) is 16.1. The molecule has 13 heteroatoms. The van der Waals surface area contributed by atoms with Crippen LogP contribution in [0.2, 0.25) is 10.0 Å². The van der Waals surface area contributed by atoms with Crippen LogP contribution < -0.4 is 0 Å². The molecule has 1 N–H and O–H groups in total. The predicted molar refractivity (Wildman–Crippen MR) is 122 cm³/mol. The number of hydrogen-bond donors (Lipinski definition) is 1. The topological polar surface area (TPSA) is 129 Å². The van der Waals surface area contributed by atoms with Crippen LogP contribution in [0.1, 0.15) is 33.6 Å². The van der Waals surface area contributed by atoms with Gasteiger partial charge in [0.15, 0.2) is 0 Å². The van der Waals surface area contributed by atoms with Crippen LogP contribution in [0.5, 0.6) is 0 Å². The van der Waals surface area contributed by atoms with Crippen LogP contribution in [-0.4, -0.2) is 54.9 Å². The molecule has 0 heterocycles. The lowest BCUT2D eigenvalue weighted by atomic mass is 10.2. The number of benzene rings is 2. The largest absolute Gasteiger partial charge is 0.434 e. The van der Waals surface area contributed by atoms with Crippen molar-refractivity contribution in [1.82, 2.24) is 5.06 Å². The van der Waals surface area contributed by atoms with Crippen molar-refractivity contribution in [2.24, 2.45) is 0 Å². The van der Waals surface area contributed by atoms with E-state index in [9.17, 15) is 18.9 Å². The van der Waals surface area contributed by atoms with Crippen molar-refractivity contribution in [3.63, 3.8) is 0 Å². The van der Waals surface area contributed by atoms with Gasteiger partial charge in [-0.3, -0.25) is 23.6 Å². The summed E-state index contributed by atoms with van der Waals surface area (Å²) >= 11 is 11.7. The molecule has 0 saturated carbocycles. The quantitative estimate of drug-likeness (QED) is 0.135. The number of ether oxygens (including phenoxy) is 2. The summed E-state index contributed by atoms with van der Waals surface area (Å²) in [6, 6.07) is 12.0. The molecule has 0 atom stereocenters. The lowest BCUT2D eigenvalue weighted by molar-refractivity contribution is -0.159. The van der Waals surface area contributed by atoms with Gasteiger partial charge in [-0.1, -0.05) is 35.3 Å². The monoisotopic (exact) mass is 533 g/mol. The van der Waals surface area contributed by atoms with E-state index in [0.29, 0.717) is 15.1 Å². The number of esters is 2. The van der Waals surface area contributed by atoms with Gasteiger partial charge in [0.05, 0.1) is 17.3 Å². The lowest BCUT2D eigenvalue weighted by Gasteiger charge is -2.18. The molecule has 2 aromatic carbocycles. The molecule has 184 valence electrons. The maximum absolute atomic E-state index is 13.1. The Hall–Kier alpha value is -2.46. The third-order valence-electron chi connectivity index (χ3n) is 4.18. The highest BCUT2D eigenvalue weighted by molar-refractivity contribution is 7.53. The number of hydroxylamine groups is 2. The highest BCUT2D eigenvalue weighted by atomic mass is 35.5. The molecule has 0 aliphatic carbocycles. The third kappa shape index (κ3) is 9.42. The highest BCUT2D eigenvalue weighted by Crippen LogP contribution is 2.49. The molecule has 34 heavy (non-hydrogen) atoms. The average molecular weight is 534 g/mol. The van der Waals surface area contributed by atoms with Gasteiger partial charge >= 0.3 is 19.5 Å².